The number of methoxy groups -OCH3 is 1. The van der Waals surface area contributed by atoms with Crippen molar-refractivity contribution in [3.63, 3.8) is 0 Å². The number of rotatable bonds is 8. The number of hydrogen-bond acceptors (Lipinski definition) is 5. The van der Waals surface area contributed by atoms with E-state index in [2.05, 4.69) is 5.32 Å². The standard InChI is InChI=1S/C13H19FN2O4/c1-9(2)15-5-4-6-20-12-8-13(19-3)11(16(17)18)7-10(12)14/h7-9,15H,4-6H2,1-3H3. The van der Waals surface area contributed by atoms with Crippen LogP contribution in [0, 0.1) is 15.9 Å². The Labute approximate surface area is 117 Å². The van der Waals surface area contributed by atoms with Crippen LogP contribution in [0.4, 0.5) is 10.1 Å². The molecular weight excluding hydrogens is 267 g/mol. The van der Waals surface area contributed by atoms with Gasteiger partial charge in [0.2, 0.25) is 5.75 Å². The van der Waals surface area contributed by atoms with Gasteiger partial charge in [-0.2, -0.15) is 0 Å². The van der Waals surface area contributed by atoms with Crippen molar-refractivity contribution in [3.8, 4) is 11.5 Å². The molecule has 0 spiro atoms. The number of nitro groups is 1. The minimum Gasteiger partial charge on any atom is -0.490 e. The second-order valence-corrected chi connectivity index (χ2v) is 4.52. The van der Waals surface area contributed by atoms with E-state index in [1.165, 1.54) is 13.2 Å². The molecule has 0 amide bonds. The van der Waals surface area contributed by atoms with Crippen LogP contribution in [0.25, 0.3) is 0 Å². The Morgan fingerprint density at radius 2 is 2.10 bits per heavy atom. The van der Waals surface area contributed by atoms with Gasteiger partial charge in [-0.1, -0.05) is 13.8 Å². The SMILES string of the molecule is COc1cc(OCCCNC(C)C)c(F)cc1[N+](=O)[O-]. The number of hydrogen-bond donors (Lipinski definition) is 1. The van der Waals surface area contributed by atoms with Crippen molar-refractivity contribution in [1.29, 1.82) is 0 Å². The third-order valence-corrected chi connectivity index (χ3v) is 2.56. The minimum absolute atomic E-state index is 0.0216. The van der Waals surface area contributed by atoms with Crippen molar-refractivity contribution in [3.05, 3.63) is 28.1 Å². The summed E-state index contributed by atoms with van der Waals surface area (Å²) >= 11 is 0. The van der Waals surface area contributed by atoms with E-state index in [9.17, 15) is 14.5 Å². The van der Waals surface area contributed by atoms with Crippen LogP contribution in [0.1, 0.15) is 20.3 Å². The molecule has 0 unspecified atom stereocenters. The van der Waals surface area contributed by atoms with Gasteiger partial charge in [0.1, 0.15) is 0 Å². The number of halogens is 1. The molecule has 1 aromatic carbocycles. The van der Waals surface area contributed by atoms with Crippen LogP contribution >= 0.6 is 0 Å². The first-order chi connectivity index (χ1) is 9.45. The van der Waals surface area contributed by atoms with Crippen molar-refractivity contribution in [2.24, 2.45) is 0 Å². The van der Waals surface area contributed by atoms with E-state index >= 15 is 0 Å². The van der Waals surface area contributed by atoms with Crippen LogP contribution in [0.5, 0.6) is 11.5 Å². The van der Waals surface area contributed by atoms with Gasteiger partial charge in [0, 0.05) is 12.1 Å². The minimum atomic E-state index is -0.769. The van der Waals surface area contributed by atoms with Gasteiger partial charge >= 0.3 is 5.69 Å². The van der Waals surface area contributed by atoms with Crippen molar-refractivity contribution >= 4 is 5.69 Å². The third-order valence-electron chi connectivity index (χ3n) is 2.56. The Morgan fingerprint density at radius 3 is 2.65 bits per heavy atom. The van der Waals surface area contributed by atoms with Gasteiger partial charge in [0.05, 0.1) is 24.7 Å². The maximum Gasteiger partial charge on any atom is 0.314 e. The molecule has 0 bridgehead atoms. The van der Waals surface area contributed by atoms with Gasteiger partial charge in [-0.05, 0) is 13.0 Å². The lowest BCUT2D eigenvalue weighted by Crippen LogP contribution is -2.24. The summed E-state index contributed by atoms with van der Waals surface area (Å²) in [5.74, 6) is -0.835. The molecule has 0 atom stereocenters. The Kier molecular flexibility index (Phi) is 6.17. The van der Waals surface area contributed by atoms with Gasteiger partial charge in [0.15, 0.2) is 11.6 Å². The zero-order chi connectivity index (χ0) is 15.1. The first kappa shape index (κ1) is 16.2. The average molecular weight is 286 g/mol. The molecular formula is C13H19FN2O4. The van der Waals surface area contributed by atoms with E-state index in [1.807, 2.05) is 13.8 Å². The van der Waals surface area contributed by atoms with E-state index in [0.29, 0.717) is 19.1 Å². The summed E-state index contributed by atoms with van der Waals surface area (Å²) < 4.78 is 23.8. The lowest BCUT2D eigenvalue weighted by Gasteiger charge is -2.11. The monoisotopic (exact) mass is 286 g/mol. The second-order valence-electron chi connectivity index (χ2n) is 4.52. The van der Waals surface area contributed by atoms with Gasteiger partial charge in [0.25, 0.3) is 0 Å². The van der Waals surface area contributed by atoms with E-state index in [0.717, 1.165) is 12.6 Å². The van der Waals surface area contributed by atoms with E-state index in [1.54, 1.807) is 0 Å². The molecule has 0 heterocycles. The lowest BCUT2D eigenvalue weighted by molar-refractivity contribution is -0.386. The van der Waals surface area contributed by atoms with E-state index < -0.39 is 16.4 Å². The van der Waals surface area contributed by atoms with Crippen LogP contribution in [-0.2, 0) is 0 Å². The number of nitrogens with zero attached hydrogens (tertiary/aromatic N) is 1. The van der Waals surface area contributed by atoms with Crippen LogP contribution in [0.2, 0.25) is 0 Å². The molecule has 7 heteroatoms. The van der Waals surface area contributed by atoms with Gasteiger partial charge in [-0.15, -0.1) is 0 Å². The molecule has 0 radical (unpaired) electrons. The molecule has 1 aromatic rings. The molecule has 0 saturated carbocycles. The summed E-state index contributed by atoms with van der Waals surface area (Å²) in [7, 11) is 1.29. The maximum absolute atomic E-state index is 13.7. The van der Waals surface area contributed by atoms with Crippen LogP contribution < -0.4 is 14.8 Å². The fourth-order valence-corrected chi connectivity index (χ4v) is 1.59. The number of ether oxygens (including phenoxy) is 2. The maximum atomic E-state index is 13.7. The smallest absolute Gasteiger partial charge is 0.314 e. The second kappa shape index (κ2) is 7.64. The van der Waals surface area contributed by atoms with Crippen molar-refractivity contribution in [2.75, 3.05) is 20.3 Å². The molecule has 0 aliphatic carbocycles. The fraction of sp³-hybridized carbons (Fsp3) is 0.538. The first-order valence-electron chi connectivity index (χ1n) is 6.33. The lowest BCUT2D eigenvalue weighted by atomic mass is 10.2. The van der Waals surface area contributed by atoms with Crippen molar-refractivity contribution < 1.29 is 18.8 Å². The molecule has 6 nitrogen and oxygen atoms in total. The summed E-state index contributed by atoms with van der Waals surface area (Å²) in [4.78, 5) is 10.0. The Balaban J connectivity index is 2.64. The average Bonchev–Trinajstić information content (AvgIpc) is 2.39. The normalized spacial score (nSPS) is 10.7. The zero-order valence-electron chi connectivity index (χ0n) is 11.8. The summed E-state index contributed by atoms with van der Waals surface area (Å²) in [6, 6.07) is 2.38. The van der Waals surface area contributed by atoms with Crippen LogP contribution in [-0.4, -0.2) is 31.2 Å². The highest BCUT2D eigenvalue weighted by Gasteiger charge is 2.19. The van der Waals surface area contributed by atoms with Crippen LogP contribution in [0.15, 0.2) is 12.1 Å². The number of benzene rings is 1. The summed E-state index contributed by atoms with van der Waals surface area (Å²) in [6.07, 6.45) is 0.705. The highest BCUT2D eigenvalue weighted by atomic mass is 19.1. The molecule has 20 heavy (non-hydrogen) atoms. The van der Waals surface area contributed by atoms with Crippen LogP contribution in [0.3, 0.4) is 0 Å². The molecule has 0 fully saturated rings. The van der Waals surface area contributed by atoms with E-state index in [-0.39, 0.29) is 11.5 Å². The largest absolute Gasteiger partial charge is 0.490 e. The molecule has 0 aliphatic heterocycles. The zero-order valence-corrected chi connectivity index (χ0v) is 11.8. The third kappa shape index (κ3) is 4.65. The fourth-order valence-electron chi connectivity index (χ4n) is 1.59. The summed E-state index contributed by atoms with van der Waals surface area (Å²) in [5, 5.41) is 13.9. The molecule has 112 valence electrons. The molecule has 0 aliphatic rings. The quantitative estimate of drug-likeness (QED) is 0.451. The van der Waals surface area contributed by atoms with Gasteiger partial charge in [-0.25, -0.2) is 4.39 Å². The Morgan fingerprint density at radius 1 is 1.40 bits per heavy atom. The Bertz CT molecular complexity index is 466. The predicted molar refractivity (Wildman–Crippen MR) is 72.9 cm³/mol. The predicted octanol–water partition coefficient (Wildman–Crippen LogP) is 2.51. The number of nitrogens with one attached hydrogen (secondary N) is 1. The molecule has 1 N–H and O–H groups in total. The van der Waals surface area contributed by atoms with Crippen molar-refractivity contribution in [1.82, 2.24) is 5.32 Å². The molecule has 0 saturated heterocycles. The van der Waals surface area contributed by atoms with Gasteiger partial charge in [-0.3, -0.25) is 10.1 Å². The summed E-state index contributed by atoms with van der Waals surface area (Å²) in [6.45, 7) is 5.13. The molecule has 0 aromatic heterocycles. The highest BCUT2D eigenvalue weighted by Crippen LogP contribution is 2.33. The topological polar surface area (TPSA) is 73.6 Å². The summed E-state index contributed by atoms with van der Waals surface area (Å²) in [5.41, 5.74) is -0.418. The number of nitro benzene ring substituents is 1. The first-order valence-corrected chi connectivity index (χ1v) is 6.33. The van der Waals surface area contributed by atoms with Crippen molar-refractivity contribution in [2.45, 2.75) is 26.3 Å². The Hall–Kier alpha value is -1.89. The highest BCUT2D eigenvalue weighted by molar-refractivity contribution is 5.51. The molecule has 1 rings (SSSR count). The van der Waals surface area contributed by atoms with E-state index in [4.69, 9.17) is 9.47 Å². The van der Waals surface area contributed by atoms with Gasteiger partial charge < -0.3 is 14.8 Å².